The van der Waals surface area contributed by atoms with Crippen LogP contribution in [0.5, 0.6) is 23.0 Å². The van der Waals surface area contributed by atoms with Gasteiger partial charge in [-0.25, -0.2) is 0 Å². The first-order chi connectivity index (χ1) is 22.3. The predicted molar refractivity (Wildman–Crippen MR) is 175 cm³/mol. The van der Waals surface area contributed by atoms with E-state index in [0.717, 1.165) is 57.7 Å². The van der Waals surface area contributed by atoms with E-state index in [0.29, 0.717) is 36.9 Å². The molecule has 1 unspecified atom stereocenters. The minimum Gasteiger partial charge on any atom is -0.489 e. The molecule has 1 aliphatic carbocycles. The molecule has 1 aliphatic heterocycles. The van der Waals surface area contributed by atoms with Crippen molar-refractivity contribution in [1.82, 2.24) is 0 Å². The lowest BCUT2D eigenvalue weighted by Gasteiger charge is -2.20. The summed E-state index contributed by atoms with van der Waals surface area (Å²) in [7, 11) is 0. The highest BCUT2D eigenvalue weighted by atomic mass is 16.6. The van der Waals surface area contributed by atoms with Crippen LogP contribution in [-0.4, -0.2) is 30.5 Å². The van der Waals surface area contributed by atoms with Gasteiger partial charge >= 0.3 is 5.97 Å². The van der Waals surface area contributed by atoms with Gasteiger partial charge in [-0.15, -0.1) is 0 Å². The summed E-state index contributed by atoms with van der Waals surface area (Å²) in [4.78, 5) is 16.4. The minimum absolute atomic E-state index is 0.227. The molecule has 2 aliphatic rings. The smallest absolute Gasteiger partial charge is 0.312 e. The third kappa shape index (κ3) is 7.00. The molecular formula is C38H36N2O6. The second-order valence-electron chi connectivity index (χ2n) is 12.1. The highest BCUT2D eigenvalue weighted by Crippen LogP contribution is 2.51. The molecule has 6 rings (SSSR count). The number of hydrogen-bond donors (Lipinski definition) is 1. The fourth-order valence-electron chi connectivity index (χ4n) is 5.61. The van der Waals surface area contributed by atoms with E-state index in [9.17, 15) is 15.2 Å². The maximum absolute atomic E-state index is 11.9. The Morgan fingerprint density at radius 2 is 1.78 bits per heavy atom. The number of nitriles is 1. The van der Waals surface area contributed by atoms with Crippen LogP contribution < -0.4 is 18.9 Å². The van der Waals surface area contributed by atoms with Crippen LogP contribution in [0.1, 0.15) is 47.6 Å². The first-order valence-corrected chi connectivity index (χ1v) is 15.4. The summed E-state index contributed by atoms with van der Waals surface area (Å²) >= 11 is 0. The monoisotopic (exact) mass is 616 g/mol. The van der Waals surface area contributed by atoms with Crippen molar-refractivity contribution in [2.75, 3.05) is 13.2 Å². The quantitative estimate of drug-likeness (QED) is 0.164. The Bertz CT molecular complexity index is 1820. The number of ether oxygens (including phenoxy) is 4. The highest BCUT2D eigenvalue weighted by molar-refractivity contribution is 5.90. The van der Waals surface area contributed by atoms with Crippen molar-refractivity contribution in [3.05, 3.63) is 107 Å². The number of aliphatic imine (C=N–C) groups is 1. The Labute approximate surface area is 268 Å². The van der Waals surface area contributed by atoms with Crippen LogP contribution in [0.2, 0.25) is 0 Å². The minimum atomic E-state index is -0.852. The molecule has 0 amide bonds. The Morgan fingerprint density at radius 3 is 2.57 bits per heavy atom. The number of benzene rings is 4. The van der Waals surface area contributed by atoms with Gasteiger partial charge in [-0.2, -0.15) is 5.26 Å². The van der Waals surface area contributed by atoms with E-state index >= 15 is 0 Å². The molecule has 0 spiro atoms. The third-order valence-corrected chi connectivity index (χ3v) is 8.75. The SMILES string of the molecule is Cc1c(COc2ccc(CN=CC(C(=O)O)C3(C)CC3)c(OCc3cccc(C#N)c3)c2)cccc1-c1ccc2c(c1)OCCO2. The maximum atomic E-state index is 11.9. The van der Waals surface area contributed by atoms with E-state index in [1.54, 1.807) is 18.3 Å². The molecule has 4 aromatic carbocycles. The van der Waals surface area contributed by atoms with Gasteiger partial charge in [-0.05, 0) is 89.4 Å². The molecule has 8 heteroatoms. The second kappa shape index (κ2) is 13.4. The van der Waals surface area contributed by atoms with Crippen molar-refractivity contribution in [2.24, 2.45) is 16.3 Å². The largest absolute Gasteiger partial charge is 0.489 e. The number of fused-ring (bicyclic) bond motifs is 1. The molecule has 4 aromatic rings. The molecule has 1 fully saturated rings. The van der Waals surface area contributed by atoms with Crippen LogP contribution in [0.25, 0.3) is 11.1 Å². The Kier molecular flexibility index (Phi) is 8.93. The lowest BCUT2D eigenvalue weighted by Crippen LogP contribution is -2.24. The number of aliphatic carboxylic acids is 1. The van der Waals surface area contributed by atoms with Gasteiger partial charge in [-0.1, -0.05) is 43.3 Å². The van der Waals surface area contributed by atoms with Crippen LogP contribution >= 0.6 is 0 Å². The van der Waals surface area contributed by atoms with Gasteiger partial charge in [0.25, 0.3) is 0 Å². The number of carboxylic acids is 1. The van der Waals surface area contributed by atoms with Crippen LogP contribution in [0, 0.1) is 29.6 Å². The van der Waals surface area contributed by atoms with Crippen molar-refractivity contribution in [1.29, 1.82) is 5.26 Å². The van der Waals surface area contributed by atoms with E-state index in [1.807, 2.05) is 61.5 Å². The average molecular weight is 617 g/mol. The van der Waals surface area contributed by atoms with Gasteiger partial charge in [-0.3, -0.25) is 9.79 Å². The Hall–Kier alpha value is -5.29. The molecule has 1 N–H and O–H groups in total. The van der Waals surface area contributed by atoms with Crippen molar-refractivity contribution in [3.8, 4) is 40.2 Å². The van der Waals surface area contributed by atoms with Crippen LogP contribution in [-0.2, 0) is 24.6 Å². The van der Waals surface area contributed by atoms with E-state index in [2.05, 4.69) is 30.1 Å². The fraction of sp³-hybridized carbons (Fsp3) is 0.289. The molecule has 0 aromatic heterocycles. The molecule has 0 bridgehead atoms. The summed E-state index contributed by atoms with van der Waals surface area (Å²) in [5.74, 6) is 1.26. The molecule has 0 radical (unpaired) electrons. The first-order valence-electron chi connectivity index (χ1n) is 15.4. The van der Waals surface area contributed by atoms with E-state index in [-0.39, 0.29) is 18.6 Å². The molecule has 8 nitrogen and oxygen atoms in total. The lowest BCUT2D eigenvalue weighted by molar-refractivity contribution is -0.140. The zero-order valence-corrected chi connectivity index (χ0v) is 26.0. The van der Waals surface area contributed by atoms with Gasteiger partial charge in [0.2, 0.25) is 0 Å². The molecule has 1 saturated carbocycles. The zero-order valence-electron chi connectivity index (χ0n) is 26.0. The van der Waals surface area contributed by atoms with Gasteiger partial charge < -0.3 is 24.1 Å². The number of hydrogen-bond acceptors (Lipinski definition) is 7. The predicted octanol–water partition coefficient (Wildman–Crippen LogP) is 7.53. The topological polar surface area (TPSA) is 110 Å². The summed E-state index contributed by atoms with van der Waals surface area (Å²) in [6, 6.07) is 27.2. The van der Waals surface area contributed by atoms with Gasteiger partial charge in [0.15, 0.2) is 11.5 Å². The molecule has 1 heterocycles. The lowest BCUT2D eigenvalue weighted by atomic mass is 9.92. The summed E-state index contributed by atoms with van der Waals surface area (Å²) in [6.45, 7) is 6.04. The maximum Gasteiger partial charge on any atom is 0.312 e. The van der Waals surface area contributed by atoms with Gasteiger partial charge in [0, 0.05) is 17.8 Å². The number of nitrogens with zero attached hydrogens (tertiary/aromatic N) is 2. The van der Waals surface area contributed by atoms with E-state index in [4.69, 9.17) is 18.9 Å². The number of carboxylic acid groups (broad SMARTS) is 1. The van der Waals surface area contributed by atoms with Crippen LogP contribution in [0.15, 0.2) is 83.9 Å². The standard InChI is InChI=1S/C38H36N2O6/c1-25-30(7-4-8-32(25)28-10-12-34-36(18-28)44-16-15-43-34)24-45-31-11-9-29(21-40-22-33(37(41)42)38(2)13-14-38)35(19-31)46-23-27-6-3-5-26(17-27)20-39/h3-12,17-19,22,33H,13-16,21,23-24H2,1-2H3,(H,41,42). The molecule has 0 saturated heterocycles. The van der Waals surface area contributed by atoms with Crippen molar-refractivity contribution < 1.29 is 28.8 Å². The normalized spacial score (nSPS) is 15.2. The molecule has 1 atom stereocenters. The molecule has 234 valence electrons. The first kappa shape index (κ1) is 30.7. The third-order valence-electron chi connectivity index (χ3n) is 8.75. The van der Waals surface area contributed by atoms with Gasteiger partial charge in [0.05, 0.1) is 24.1 Å². The summed E-state index contributed by atoms with van der Waals surface area (Å²) < 4.78 is 24.0. The fourth-order valence-corrected chi connectivity index (χ4v) is 5.61. The zero-order chi connectivity index (χ0) is 32.1. The summed E-state index contributed by atoms with van der Waals surface area (Å²) in [5, 5.41) is 19.0. The second-order valence-corrected chi connectivity index (χ2v) is 12.1. The summed E-state index contributed by atoms with van der Waals surface area (Å²) in [6.07, 6.45) is 3.34. The van der Waals surface area contributed by atoms with Crippen LogP contribution in [0.4, 0.5) is 0 Å². The Balaban J connectivity index is 1.20. The summed E-state index contributed by atoms with van der Waals surface area (Å²) in [5.41, 5.74) is 6.29. The van der Waals surface area contributed by atoms with Gasteiger partial charge in [0.1, 0.15) is 37.9 Å². The van der Waals surface area contributed by atoms with E-state index in [1.165, 1.54) is 0 Å². The van der Waals surface area contributed by atoms with Crippen molar-refractivity contribution in [3.63, 3.8) is 0 Å². The van der Waals surface area contributed by atoms with Crippen LogP contribution in [0.3, 0.4) is 0 Å². The Morgan fingerprint density at radius 1 is 0.978 bits per heavy atom. The van der Waals surface area contributed by atoms with Crippen molar-refractivity contribution in [2.45, 2.75) is 46.4 Å². The number of rotatable bonds is 12. The highest BCUT2D eigenvalue weighted by Gasteiger charge is 2.47. The average Bonchev–Trinajstić information content (AvgIpc) is 3.82. The number of carbonyl (C=O) groups is 1. The molecular weight excluding hydrogens is 580 g/mol. The molecule has 46 heavy (non-hydrogen) atoms. The van der Waals surface area contributed by atoms with Crippen molar-refractivity contribution >= 4 is 12.2 Å². The van der Waals surface area contributed by atoms with E-state index < -0.39 is 11.9 Å².